The Bertz CT molecular complexity index is 677. The van der Waals surface area contributed by atoms with Gasteiger partial charge in [0.2, 0.25) is 0 Å². The minimum absolute atomic E-state index is 1.15. The van der Waals surface area contributed by atoms with Crippen molar-refractivity contribution in [1.29, 1.82) is 0 Å². The first-order valence-electron chi connectivity index (χ1n) is 5.75. The van der Waals surface area contributed by atoms with Crippen LogP contribution in [0, 0.1) is 0 Å². The van der Waals surface area contributed by atoms with E-state index in [1.807, 2.05) is 6.07 Å². The SMILES string of the molecule is Brc1ccc(Sc2ccccc2)c2ccccc12. The van der Waals surface area contributed by atoms with Crippen molar-refractivity contribution in [2.45, 2.75) is 9.79 Å². The molecule has 0 nitrogen and oxygen atoms in total. The van der Waals surface area contributed by atoms with Crippen molar-refractivity contribution in [3.8, 4) is 0 Å². The summed E-state index contributed by atoms with van der Waals surface area (Å²) in [5.41, 5.74) is 0. The van der Waals surface area contributed by atoms with Crippen molar-refractivity contribution in [2.24, 2.45) is 0 Å². The van der Waals surface area contributed by atoms with E-state index in [1.54, 1.807) is 11.8 Å². The highest BCUT2D eigenvalue weighted by atomic mass is 79.9. The van der Waals surface area contributed by atoms with Crippen LogP contribution in [0.2, 0.25) is 0 Å². The van der Waals surface area contributed by atoms with Gasteiger partial charge in [-0.05, 0) is 35.0 Å². The summed E-state index contributed by atoms with van der Waals surface area (Å²) in [5.74, 6) is 0. The van der Waals surface area contributed by atoms with Gasteiger partial charge in [0, 0.05) is 14.3 Å². The standard InChI is InChI=1S/C16H11BrS/c17-15-10-11-16(14-9-5-4-8-13(14)15)18-12-6-2-1-3-7-12/h1-11H. The minimum atomic E-state index is 1.15. The monoisotopic (exact) mass is 314 g/mol. The molecule has 0 bridgehead atoms. The molecule has 3 aromatic carbocycles. The molecule has 0 heterocycles. The van der Waals surface area contributed by atoms with Gasteiger partial charge in [0.15, 0.2) is 0 Å². The largest absolute Gasteiger partial charge is 0.0894 e. The van der Waals surface area contributed by atoms with E-state index in [0.717, 1.165) is 4.47 Å². The van der Waals surface area contributed by atoms with Gasteiger partial charge in [-0.2, -0.15) is 0 Å². The van der Waals surface area contributed by atoms with Gasteiger partial charge in [-0.25, -0.2) is 0 Å². The third-order valence-electron chi connectivity index (χ3n) is 2.80. The molecule has 0 spiro atoms. The Morgan fingerprint density at radius 2 is 1.33 bits per heavy atom. The number of fused-ring (bicyclic) bond motifs is 1. The Morgan fingerprint density at radius 3 is 2.11 bits per heavy atom. The summed E-state index contributed by atoms with van der Waals surface area (Å²) in [4.78, 5) is 2.56. The van der Waals surface area contributed by atoms with Crippen LogP contribution in [-0.4, -0.2) is 0 Å². The van der Waals surface area contributed by atoms with Gasteiger partial charge in [-0.3, -0.25) is 0 Å². The highest BCUT2D eigenvalue weighted by molar-refractivity contribution is 9.10. The van der Waals surface area contributed by atoms with E-state index in [2.05, 4.69) is 76.6 Å². The molecular weight excluding hydrogens is 304 g/mol. The third kappa shape index (κ3) is 2.31. The van der Waals surface area contributed by atoms with Gasteiger partial charge >= 0.3 is 0 Å². The van der Waals surface area contributed by atoms with E-state index in [-0.39, 0.29) is 0 Å². The Morgan fingerprint density at radius 1 is 0.667 bits per heavy atom. The molecule has 0 unspecified atom stereocenters. The maximum absolute atomic E-state index is 3.61. The van der Waals surface area contributed by atoms with Crippen molar-refractivity contribution in [2.75, 3.05) is 0 Å². The first kappa shape index (κ1) is 11.8. The maximum atomic E-state index is 3.61. The second-order valence-electron chi connectivity index (χ2n) is 4.01. The van der Waals surface area contributed by atoms with Crippen LogP contribution in [0.1, 0.15) is 0 Å². The molecule has 3 aromatic rings. The first-order valence-corrected chi connectivity index (χ1v) is 7.36. The van der Waals surface area contributed by atoms with Crippen LogP contribution in [0.25, 0.3) is 10.8 Å². The maximum Gasteiger partial charge on any atom is 0.0254 e. The zero-order valence-electron chi connectivity index (χ0n) is 9.64. The summed E-state index contributed by atoms with van der Waals surface area (Å²) in [7, 11) is 0. The zero-order chi connectivity index (χ0) is 12.4. The number of halogens is 1. The molecule has 0 amide bonds. The summed E-state index contributed by atoms with van der Waals surface area (Å²) >= 11 is 5.41. The Kier molecular flexibility index (Phi) is 3.39. The molecule has 18 heavy (non-hydrogen) atoms. The fourth-order valence-electron chi connectivity index (χ4n) is 1.94. The minimum Gasteiger partial charge on any atom is -0.0894 e. The van der Waals surface area contributed by atoms with E-state index in [9.17, 15) is 0 Å². The van der Waals surface area contributed by atoms with Crippen LogP contribution in [0.5, 0.6) is 0 Å². The summed E-state index contributed by atoms with van der Waals surface area (Å²) in [6.07, 6.45) is 0. The summed E-state index contributed by atoms with van der Waals surface area (Å²) in [6.45, 7) is 0. The fraction of sp³-hybridized carbons (Fsp3) is 0. The van der Waals surface area contributed by atoms with E-state index >= 15 is 0 Å². The predicted molar refractivity (Wildman–Crippen MR) is 82.2 cm³/mol. The quantitative estimate of drug-likeness (QED) is 0.580. The van der Waals surface area contributed by atoms with Crippen molar-refractivity contribution in [3.63, 3.8) is 0 Å². The van der Waals surface area contributed by atoms with E-state index in [0.29, 0.717) is 0 Å². The van der Waals surface area contributed by atoms with Gasteiger partial charge < -0.3 is 0 Å². The number of rotatable bonds is 2. The third-order valence-corrected chi connectivity index (χ3v) is 4.58. The topological polar surface area (TPSA) is 0 Å². The molecule has 3 rings (SSSR count). The lowest BCUT2D eigenvalue weighted by Gasteiger charge is -2.07. The smallest absolute Gasteiger partial charge is 0.0254 e. The van der Waals surface area contributed by atoms with Crippen molar-refractivity contribution in [3.05, 3.63) is 71.2 Å². The highest BCUT2D eigenvalue weighted by Gasteiger charge is 2.05. The molecule has 0 aliphatic heterocycles. The second kappa shape index (κ2) is 5.17. The van der Waals surface area contributed by atoms with E-state index in [4.69, 9.17) is 0 Å². The molecule has 0 fully saturated rings. The fourth-order valence-corrected chi connectivity index (χ4v) is 3.39. The summed E-state index contributed by atoms with van der Waals surface area (Å²) in [5, 5.41) is 2.55. The number of hydrogen-bond donors (Lipinski definition) is 0. The molecule has 0 radical (unpaired) electrons. The van der Waals surface area contributed by atoms with Crippen LogP contribution in [-0.2, 0) is 0 Å². The van der Waals surface area contributed by atoms with Crippen LogP contribution >= 0.6 is 27.7 Å². The lowest BCUT2D eigenvalue weighted by molar-refractivity contribution is 1.43. The van der Waals surface area contributed by atoms with Gasteiger partial charge in [0.05, 0.1) is 0 Å². The van der Waals surface area contributed by atoms with Crippen molar-refractivity contribution >= 4 is 38.5 Å². The van der Waals surface area contributed by atoms with Crippen molar-refractivity contribution < 1.29 is 0 Å². The van der Waals surface area contributed by atoms with Crippen LogP contribution in [0.4, 0.5) is 0 Å². The Balaban J connectivity index is 2.10. The average molecular weight is 315 g/mol. The molecule has 0 aromatic heterocycles. The van der Waals surface area contributed by atoms with Gasteiger partial charge in [-0.15, -0.1) is 0 Å². The van der Waals surface area contributed by atoms with Gasteiger partial charge in [0.25, 0.3) is 0 Å². The van der Waals surface area contributed by atoms with Gasteiger partial charge in [0.1, 0.15) is 0 Å². The lowest BCUT2D eigenvalue weighted by atomic mass is 10.1. The Labute approximate surface area is 119 Å². The molecule has 0 saturated carbocycles. The van der Waals surface area contributed by atoms with Crippen LogP contribution < -0.4 is 0 Å². The zero-order valence-corrected chi connectivity index (χ0v) is 12.0. The molecule has 0 N–H and O–H groups in total. The normalized spacial score (nSPS) is 10.7. The van der Waals surface area contributed by atoms with Gasteiger partial charge in [-0.1, -0.05) is 70.2 Å². The molecule has 0 atom stereocenters. The lowest BCUT2D eigenvalue weighted by Crippen LogP contribution is -1.79. The number of hydrogen-bond acceptors (Lipinski definition) is 1. The second-order valence-corrected chi connectivity index (χ2v) is 5.98. The van der Waals surface area contributed by atoms with Crippen LogP contribution in [0.15, 0.2) is 81.0 Å². The molecular formula is C16H11BrS. The Hall–Kier alpha value is -1.25. The summed E-state index contributed by atoms with van der Waals surface area (Å²) in [6, 6.07) is 23.2. The predicted octanol–water partition coefficient (Wildman–Crippen LogP) is 5.75. The van der Waals surface area contributed by atoms with Crippen molar-refractivity contribution in [1.82, 2.24) is 0 Å². The summed E-state index contributed by atoms with van der Waals surface area (Å²) < 4.78 is 1.15. The first-order chi connectivity index (χ1) is 8.84. The van der Waals surface area contributed by atoms with Crippen LogP contribution in [0.3, 0.4) is 0 Å². The molecule has 0 aliphatic rings. The molecule has 0 saturated heterocycles. The average Bonchev–Trinajstić information content (AvgIpc) is 2.44. The highest BCUT2D eigenvalue weighted by Crippen LogP contribution is 2.36. The number of benzene rings is 3. The molecule has 2 heteroatoms. The van der Waals surface area contributed by atoms with E-state index in [1.165, 1.54) is 20.6 Å². The molecule has 0 aliphatic carbocycles. The molecule has 88 valence electrons. The van der Waals surface area contributed by atoms with E-state index < -0.39 is 0 Å².